The Kier molecular flexibility index (Phi) is 10.4. The molecule has 0 spiro atoms. The first-order valence-corrected chi connectivity index (χ1v) is 19.2. The summed E-state index contributed by atoms with van der Waals surface area (Å²) in [6.45, 7) is 6.49. The summed E-state index contributed by atoms with van der Waals surface area (Å²) in [6.07, 6.45) is 26.9. The van der Waals surface area contributed by atoms with Gasteiger partial charge in [-0.1, -0.05) is 78.1 Å². The number of hydrogen-bond acceptors (Lipinski definition) is 3. The van der Waals surface area contributed by atoms with Crippen LogP contribution in [0.5, 0.6) is 0 Å². The molecule has 3 nitrogen and oxygen atoms in total. The molecule has 33 heavy (non-hydrogen) atoms. The Morgan fingerprint density at radius 3 is 1.00 bits per heavy atom. The Balaban J connectivity index is 1.72. The normalized spacial score (nSPS) is 24.5. The van der Waals surface area contributed by atoms with Crippen LogP contribution in [0.25, 0.3) is 0 Å². The van der Waals surface area contributed by atoms with E-state index in [9.17, 15) is 0 Å². The molecule has 4 saturated carbocycles. The lowest BCUT2D eigenvalue weighted by Gasteiger charge is -2.50. The topological polar surface area (TPSA) is 27.7 Å². The van der Waals surface area contributed by atoms with Crippen LogP contribution >= 0.6 is 0 Å². The third kappa shape index (κ3) is 6.01. The third-order valence-electron chi connectivity index (χ3n) is 9.67. The Labute approximate surface area is 207 Å². The van der Waals surface area contributed by atoms with Gasteiger partial charge in [-0.3, -0.25) is 0 Å². The van der Waals surface area contributed by atoms with E-state index in [4.69, 9.17) is 13.0 Å². The van der Waals surface area contributed by atoms with Crippen molar-refractivity contribution in [3.8, 4) is 0 Å². The summed E-state index contributed by atoms with van der Waals surface area (Å²) in [4.78, 5) is 0. The van der Waals surface area contributed by atoms with Crippen LogP contribution < -0.4 is 0 Å². The smallest absolute Gasteiger partial charge is 0.335 e. The largest absolute Gasteiger partial charge is 0.414 e. The van der Waals surface area contributed by atoms with E-state index in [-0.39, 0.29) is 0 Å². The van der Waals surface area contributed by atoms with Crippen molar-refractivity contribution in [3.63, 3.8) is 0 Å². The molecule has 0 aromatic heterocycles. The molecule has 0 aliphatic heterocycles. The molecule has 192 valence electrons. The minimum absolute atomic E-state index is 0.724. The molecule has 5 heteroatoms. The fraction of sp³-hybridized carbons (Fsp3) is 1.00. The van der Waals surface area contributed by atoms with Crippen molar-refractivity contribution in [2.24, 2.45) is 0 Å². The van der Waals surface area contributed by atoms with Crippen LogP contribution in [0.3, 0.4) is 0 Å². The van der Waals surface area contributed by atoms with E-state index in [1.54, 1.807) is 0 Å². The van der Waals surface area contributed by atoms with Gasteiger partial charge < -0.3 is 13.0 Å². The summed E-state index contributed by atoms with van der Waals surface area (Å²) in [5, 5.41) is 0. The second-order valence-electron chi connectivity index (χ2n) is 11.9. The molecule has 0 unspecified atom stereocenters. The first-order valence-electron chi connectivity index (χ1n) is 15.2. The lowest BCUT2D eigenvalue weighted by atomic mass is 10.3. The number of hydrogen-bond donors (Lipinski definition) is 0. The Morgan fingerprint density at radius 1 is 0.485 bits per heavy atom. The summed E-state index contributed by atoms with van der Waals surface area (Å²) in [5.41, 5.74) is 2.90. The predicted octanol–water partition coefficient (Wildman–Crippen LogP) is 9.30. The average molecular weight is 495 g/mol. The Hall–Kier alpha value is 0.314. The summed E-state index contributed by atoms with van der Waals surface area (Å²) in [7, 11) is -4.72. The maximum atomic E-state index is 8.09. The Bertz CT molecular complexity index is 467. The van der Waals surface area contributed by atoms with Gasteiger partial charge in [0.15, 0.2) is 0 Å². The molecule has 0 heterocycles. The van der Waals surface area contributed by atoms with Crippen LogP contribution in [-0.4, -0.2) is 30.3 Å². The number of rotatable bonds is 14. The van der Waals surface area contributed by atoms with Crippen LogP contribution in [0.4, 0.5) is 0 Å². The van der Waals surface area contributed by atoms with E-state index in [0.717, 1.165) is 35.4 Å². The van der Waals surface area contributed by atoms with Crippen molar-refractivity contribution in [2.45, 2.75) is 164 Å². The zero-order chi connectivity index (χ0) is 23.0. The van der Waals surface area contributed by atoms with Crippen molar-refractivity contribution in [1.29, 1.82) is 0 Å². The van der Waals surface area contributed by atoms with Crippen LogP contribution in [0, 0.1) is 0 Å². The zero-order valence-corrected chi connectivity index (χ0v) is 24.1. The molecular formula is C28H54O3Si2. The highest BCUT2D eigenvalue weighted by atomic mass is 28.5. The molecule has 0 amide bonds. The zero-order valence-electron chi connectivity index (χ0n) is 22.1. The maximum absolute atomic E-state index is 8.09. The molecule has 4 rings (SSSR count). The highest BCUT2D eigenvalue weighted by Crippen LogP contribution is 2.58. The summed E-state index contributed by atoms with van der Waals surface area (Å²) in [5.74, 6) is 0. The summed E-state index contributed by atoms with van der Waals surface area (Å²) in [6, 6.07) is 0. The highest BCUT2D eigenvalue weighted by molar-refractivity contribution is 6.84. The van der Waals surface area contributed by atoms with Crippen molar-refractivity contribution in [3.05, 3.63) is 0 Å². The fourth-order valence-electron chi connectivity index (χ4n) is 7.84. The molecule has 4 fully saturated rings. The van der Waals surface area contributed by atoms with Crippen LogP contribution in [0.1, 0.15) is 142 Å². The lowest BCUT2D eigenvalue weighted by Crippen LogP contribution is -2.63. The molecule has 4 aliphatic rings. The van der Waals surface area contributed by atoms with Crippen LogP contribution in [0.2, 0.25) is 22.2 Å². The van der Waals surface area contributed by atoms with E-state index in [0.29, 0.717) is 0 Å². The SMILES string of the molecule is CCCCO[Si](O[Si](OCCCC)(C1CCCC1)C1CCCC1)(C1CCCC1)C1CCCC1. The first-order chi connectivity index (χ1) is 16.2. The predicted molar refractivity (Wildman–Crippen MR) is 143 cm³/mol. The number of unbranched alkanes of at least 4 members (excludes halogenated alkanes) is 2. The molecule has 0 radical (unpaired) electrons. The monoisotopic (exact) mass is 494 g/mol. The van der Waals surface area contributed by atoms with Gasteiger partial charge in [0, 0.05) is 35.4 Å². The second kappa shape index (κ2) is 13.0. The van der Waals surface area contributed by atoms with Crippen molar-refractivity contribution in [2.75, 3.05) is 13.2 Å². The quantitative estimate of drug-likeness (QED) is 0.178. The van der Waals surface area contributed by atoms with Gasteiger partial charge in [0.2, 0.25) is 0 Å². The first kappa shape index (κ1) is 26.4. The standard InChI is InChI=1S/C28H54O3Si2/c1-3-5-23-29-32(25-15-7-8-16-25,26-17-9-10-18-26)31-33(30-24-6-4-2,27-19-11-12-20-27)28-21-13-14-22-28/h25-28H,3-24H2,1-2H3. The molecular weight excluding hydrogens is 440 g/mol. The molecule has 0 aromatic carbocycles. The summed E-state index contributed by atoms with van der Waals surface area (Å²) >= 11 is 0. The minimum atomic E-state index is -2.36. The minimum Gasteiger partial charge on any atom is -0.414 e. The molecule has 0 N–H and O–H groups in total. The van der Waals surface area contributed by atoms with Crippen molar-refractivity contribution in [1.82, 2.24) is 0 Å². The fourth-order valence-corrected chi connectivity index (χ4v) is 21.0. The van der Waals surface area contributed by atoms with Crippen molar-refractivity contribution < 1.29 is 13.0 Å². The third-order valence-corrected chi connectivity index (χ3v) is 20.4. The highest BCUT2D eigenvalue weighted by Gasteiger charge is 2.63. The van der Waals surface area contributed by atoms with Gasteiger partial charge in [0.25, 0.3) is 0 Å². The van der Waals surface area contributed by atoms with E-state index in [1.165, 1.54) is 128 Å². The van der Waals surface area contributed by atoms with Gasteiger partial charge >= 0.3 is 17.1 Å². The van der Waals surface area contributed by atoms with Gasteiger partial charge in [-0.25, -0.2) is 0 Å². The molecule has 0 aromatic rings. The van der Waals surface area contributed by atoms with Crippen LogP contribution in [0.15, 0.2) is 0 Å². The average Bonchev–Trinajstić information content (AvgIpc) is 3.66. The van der Waals surface area contributed by atoms with Gasteiger partial charge in [-0.2, -0.15) is 0 Å². The van der Waals surface area contributed by atoms with E-state index < -0.39 is 17.1 Å². The van der Waals surface area contributed by atoms with E-state index >= 15 is 0 Å². The maximum Gasteiger partial charge on any atom is 0.335 e. The molecule has 0 saturated heterocycles. The van der Waals surface area contributed by atoms with Gasteiger partial charge in [-0.15, -0.1) is 0 Å². The lowest BCUT2D eigenvalue weighted by molar-refractivity contribution is 0.148. The Morgan fingerprint density at radius 2 is 0.758 bits per heavy atom. The van der Waals surface area contributed by atoms with E-state index in [1.807, 2.05) is 0 Å². The van der Waals surface area contributed by atoms with Gasteiger partial charge in [0.1, 0.15) is 0 Å². The van der Waals surface area contributed by atoms with Gasteiger partial charge in [0.05, 0.1) is 0 Å². The molecule has 0 bridgehead atoms. The molecule has 0 atom stereocenters. The second-order valence-corrected chi connectivity index (χ2v) is 19.4. The molecule has 4 aliphatic carbocycles. The van der Waals surface area contributed by atoms with Crippen LogP contribution in [-0.2, 0) is 13.0 Å². The van der Waals surface area contributed by atoms with Gasteiger partial charge in [-0.05, 0) is 64.2 Å². The summed E-state index contributed by atoms with van der Waals surface area (Å²) < 4.78 is 22.7. The van der Waals surface area contributed by atoms with Crippen molar-refractivity contribution >= 4 is 17.1 Å². The van der Waals surface area contributed by atoms with E-state index in [2.05, 4.69) is 13.8 Å².